The Morgan fingerprint density at radius 1 is 0.492 bits per heavy atom. The van der Waals surface area contributed by atoms with E-state index < -0.39 is 51.8 Å². The van der Waals surface area contributed by atoms with Crippen LogP contribution in [-0.4, -0.2) is 65.7 Å². The summed E-state index contributed by atoms with van der Waals surface area (Å²) in [5, 5.41) is 18.4. The van der Waals surface area contributed by atoms with Crippen molar-refractivity contribution in [2.45, 2.75) is 180 Å². The molecule has 0 aliphatic carbocycles. The topological polar surface area (TPSA) is 149 Å². The molecule has 0 rings (SSSR count). The number of carbonyl (C=O) groups excluding carboxylic acids is 2. The summed E-state index contributed by atoms with van der Waals surface area (Å²) in [6.07, 6.45) is 55.1. The van der Waals surface area contributed by atoms with Gasteiger partial charge in [0.2, 0.25) is 0 Å². The number of allylic oxidation sites excluding steroid dienone is 16. The van der Waals surface area contributed by atoms with Gasteiger partial charge in [0.1, 0.15) is 12.7 Å². The molecule has 3 unspecified atom stereocenters. The average molecular weight is 875 g/mol. The van der Waals surface area contributed by atoms with Crippen molar-refractivity contribution in [3.8, 4) is 0 Å². The molecule has 0 radical (unpaired) electrons. The van der Waals surface area contributed by atoms with E-state index in [-0.39, 0.29) is 19.4 Å². The van der Waals surface area contributed by atoms with Gasteiger partial charge in [-0.05, 0) is 89.9 Å². The van der Waals surface area contributed by atoms with Crippen LogP contribution < -0.4 is 0 Å². The van der Waals surface area contributed by atoms with Crippen LogP contribution in [0.15, 0.2) is 97.2 Å². The lowest BCUT2D eigenvalue weighted by Gasteiger charge is -2.20. The van der Waals surface area contributed by atoms with E-state index in [9.17, 15) is 24.2 Å². The van der Waals surface area contributed by atoms with Crippen molar-refractivity contribution in [1.29, 1.82) is 0 Å². The van der Waals surface area contributed by atoms with Crippen molar-refractivity contribution in [2.24, 2.45) is 0 Å². The van der Waals surface area contributed by atoms with Gasteiger partial charge in [0.05, 0.1) is 19.8 Å². The smallest absolute Gasteiger partial charge is 0.462 e. The van der Waals surface area contributed by atoms with Crippen LogP contribution in [0.3, 0.4) is 0 Å². The molecule has 0 fully saturated rings. The third-order valence-electron chi connectivity index (χ3n) is 9.23. The second-order valence-electron chi connectivity index (χ2n) is 15.0. The van der Waals surface area contributed by atoms with Gasteiger partial charge >= 0.3 is 19.8 Å². The molecule has 3 N–H and O–H groups in total. The zero-order chi connectivity index (χ0) is 44.8. The lowest BCUT2D eigenvalue weighted by atomic mass is 10.1. The summed E-state index contributed by atoms with van der Waals surface area (Å²) in [6, 6.07) is 0. The number of phosphoric acid groups is 1. The Kier molecular flexibility index (Phi) is 42.6. The molecule has 0 heterocycles. The van der Waals surface area contributed by atoms with E-state index in [1.54, 1.807) is 0 Å². The van der Waals surface area contributed by atoms with Crippen LogP contribution in [0.5, 0.6) is 0 Å². The highest BCUT2D eigenvalue weighted by molar-refractivity contribution is 7.47. The molecule has 10 nitrogen and oxygen atoms in total. The molecule has 0 saturated heterocycles. The quantitative estimate of drug-likeness (QED) is 0.0234. The van der Waals surface area contributed by atoms with Crippen molar-refractivity contribution in [1.82, 2.24) is 0 Å². The Balaban J connectivity index is 4.33. The van der Waals surface area contributed by atoms with Crippen molar-refractivity contribution in [2.75, 3.05) is 26.4 Å². The fourth-order valence-electron chi connectivity index (χ4n) is 5.74. The Morgan fingerprint density at radius 3 is 1.28 bits per heavy atom. The minimum atomic E-state index is -4.64. The van der Waals surface area contributed by atoms with E-state index in [2.05, 4.69) is 111 Å². The highest BCUT2D eigenvalue weighted by Gasteiger charge is 2.27. The standard InChI is InChI=1S/C50H83O10P/c1-3-5-7-9-11-13-15-17-19-21-23-25-27-29-31-33-35-37-39-41-49(53)57-45-48(46-59-61(55,56)58-44-47(52)43-51)60-50(54)42-40-38-36-34-32-30-28-26-24-22-20-18-16-14-12-10-8-6-4-2/h5-8,11-14,17-20,23-26,47-48,51-52H,3-4,9-10,15-16,21-22,27-46H2,1-2H3,(H,55,56). The lowest BCUT2D eigenvalue weighted by Crippen LogP contribution is -2.29. The molecule has 0 spiro atoms. The first-order valence-corrected chi connectivity index (χ1v) is 24.7. The van der Waals surface area contributed by atoms with Crippen LogP contribution in [-0.2, 0) is 32.7 Å². The first kappa shape index (κ1) is 57.9. The molecular weight excluding hydrogens is 792 g/mol. The molecule has 0 amide bonds. The molecule has 3 atom stereocenters. The van der Waals surface area contributed by atoms with Gasteiger partial charge < -0.3 is 24.6 Å². The zero-order valence-electron chi connectivity index (χ0n) is 37.8. The van der Waals surface area contributed by atoms with Crippen LogP contribution in [0.25, 0.3) is 0 Å². The van der Waals surface area contributed by atoms with Gasteiger partial charge in [0, 0.05) is 12.8 Å². The zero-order valence-corrected chi connectivity index (χ0v) is 38.7. The fourth-order valence-corrected chi connectivity index (χ4v) is 6.53. The highest BCUT2D eigenvalue weighted by Crippen LogP contribution is 2.43. The maximum absolute atomic E-state index is 12.6. The summed E-state index contributed by atoms with van der Waals surface area (Å²) in [4.78, 5) is 35.1. The number of hydrogen-bond donors (Lipinski definition) is 3. The van der Waals surface area contributed by atoms with Crippen LogP contribution >= 0.6 is 7.82 Å². The lowest BCUT2D eigenvalue weighted by molar-refractivity contribution is -0.161. The van der Waals surface area contributed by atoms with Crippen molar-refractivity contribution in [3.05, 3.63) is 97.2 Å². The van der Waals surface area contributed by atoms with Gasteiger partial charge in [0.15, 0.2) is 6.10 Å². The first-order valence-electron chi connectivity index (χ1n) is 23.2. The molecule has 348 valence electrons. The Hall–Kier alpha value is -3.11. The second kappa shape index (κ2) is 44.9. The molecule has 0 bridgehead atoms. The Bertz CT molecular complexity index is 1330. The summed E-state index contributed by atoms with van der Waals surface area (Å²) >= 11 is 0. The van der Waals surface area contributed by atoms with Gasteiger partial charge in [-0.1, -0.05) is 162 Å². The van der Waals surface area contributed by atoms with Gasteiger partial charge in [0.25, 0.3) is 0 Å². The molecule has 0 aromatic heterocycles. The number of hydrogen-bond acceptors (Lipinski definition) is 9. The number of aliphatic hydroxyl groups excluding tert-OH is 2. The molecule has 0 aromatic carbocycles. The molecule has 0 aromatic rings. The third-order valence-corrected chi connectivity index (χ3v) is 10.2. The summed E-state index contributed by atoms with van der Waals surface area (Å²) in [5.41, 5.74) is 0. The van der Waals surface area contributed by atoms with Crippen LogP contribution in [0.2, 0.25) is 0 Å². The maximum Gasteiger partial charge on any atom is 0.472 e. The third kappa shape index (κ3) is 44.7. The number of phosphoric ester groups is 1. The number of carbonyl (C=O) groups is 2. The van der Waals surface area contributed by atoms with Gasteiger partial charge in [-0.3, -0.25) is 18.6 Å². The molecule has 0 saturated carbocycles. The fraction of sp³-hybridized carbons (Fsp3) is 0.640. The summed E-state index contributed by atoms with van der Waals surface area (Å²) in [7, 11) is -4.64. The van der Waals surface area contributed by atoms with Gasteiger partial charge in [-0.2, -0.15) is 0 Å². The van der Waals surface area contributed by atoms with Crippen LogP contribution in [0.4, 0.5) is 0 Å². The minimum Gasteiger partial charge on any atom is -0.462 e. The van der Waals surface area contributed by atoms with E-state index >= 15 is 0 Å². The molecular formula is C50H83O10P. The number of esters is 2. The first-order chi connectivity index (χ1) is 29.7. The van der Waals surface area contributed by atoms with E-state index in [4.69, 9.17) is 23.6 Å². The van der Waals surface area contributed by atoms with Gasteiger partial charge in [-0.25, -0.2) is 4.57 Å². The number of rotatable bonds is 42. The molecule has 11 heteroatoms. The van der Waals surface area contributed by atoms with Gasteiger partial charge in [-0.15, -0.1) is 0 Å². The normalized spacial score (nSPS) is 14.6. The second-order valence-corrected chi connectivity index (χ2v) is 16.5. The van der Waals surface area contributed by atoms with E-state index in [0.717, 1.165) is 128 Å². The number of ether oxygens (including phenoxy) is 2. The SMILES string of the molecule is CCC=CCC=CCC=CCC=CCCCCCCCCC(=O)OCC(COP(=O)(O)OCC(O)CO)OC(=O)CCCCCCCCC=CCC=CCC=CCC=CCC. The largest absolute Gasteiger partial charge is 0.472 e. The molecule has 0 aliphatic heterocycles. The number of unbranched alkanes of at least 4 members (excludes halogenated alkanes) is 12. The monoisotopic (exact) mass is 875 g/mol. The summed E-state index contributed by atoms with van der Waals surface area (Å²) in [5.74, 6) is -0.966. The van der Waals surface area contributed by atoms with Crippen LogP contribution in [0, 0.1) is 0 Å². The predicted molar refractivity (Wildman–Crippen MR) is 251 cm³/mol. The minimum absolute atomic E-state index is 0.159. The average Bonchev–Trinajstić information content (AvgIpc) is 3.25. The molecule has 61 heavy (non-hydrogen) atoms. The highest BCUT2D eigenvalue weighted by atomic mass is 31.2. The number of aliphatic hydroxyl groups is 2. The summed E-state index contributed by atoms with van der Waals surface area (Å²) in [6.45, 7) is 2.11. The van der Waals surface area contributed by atoms with E-state index in [1.165, 1.54) is 0 Å². The van der Waals surface area contributed by atoms with Crippen molar-refractivity contribution >= 4 is 19.8 Å². The van der Waals surface area contributed by atoms with Crippen molar-refractivity contribution in [3.63, 3.8) is 0 Å². The Labute approximate surface area is 370 Å². The molecule has 0 aliphatic rings. The maximum atomic E-state index is 12.6. The van der Waals surface area contributed by atoms with E-state index in [0.29, 0.717) is 12.8 Å². The predicted octanol–water partition coefficient (Wildman–Crippen LogP) is 12.8. The van der Waals surface area contributed by atoms with Crippen molar-refractivity contribution < 1.29 is 47.8 Å². The van der Waals surface area contributed by atoms with Crippen LogP contribution in [0.1, 0.15) is 168 Å². The van der Waals surface area contributed by atoms with E-state index in [1.807, 2.05) is 0 Å². The Morgan fingerprint density at radius 2 is 0.852 bits per heavy atom. The summed E-state index contributed by atoms with van der Waals surface area (Å²) < 4.78 is 32.8.